The van der Waals surface area contributed by atoms with E-state index in [0.717, 1.165) is 32.1 Å². The average molecular weight is 328 g/mol. The molecule has 3 rings (SSSR count). The molecule has 100 valence electrons. The number of fused-ring (bicyclic) bond motifs is 1. The number of nitrogens with zero attached hydrogens (tertiary/aromatic N) is 1. The van der Waals surface area contributed by atoms with Gasteiger partial charge in [-0.15, -0.1) is 0 Å². The zero-order chi connectivity index (χ0) is 14.1. The van der Waals surface area contributed by atoms with E-state index in [-0.39, 0.29) is 0 Å². The van der Waals surface area contributed by atoms with E-state index in [0.29, 0.717) is 0 Å². The van der Waals surface area contributed by atoms with Gasteiger partial charge in [0.05, 0.1) is 0 Å². The van der Waals surface area contributed by atoms with Gasteiger partial charge >= 0.3 is 0 Å². The smallest absolute Gasteiger partial charge is 0.106 e. The molecular formula is C17H14BrNO. The fraction of sp³-hybridized carbons (Fsp3) is 0.118. The topological polar surface area (TPSA) is 33.1 Å². The fourth-order valence-electron chi connectivity index (χ4n) is 2.24. The van der Waals surface area contributed by atoms with Crippen molar-refractivity contribution in [2.75, 3.05) is 0 Å². The average Bonchev–Trinajstić information content (AvgIpc) is 2.47. The summed E-state index contributed by atoms with van der Waals surface area (Å²) in [6.07, 6.45) is 1.09. The second-order valence-electron chi connectivity index (χ2n) is 4.89. The molecule has 0 bridgehead atoms. The summed E-state index contributed by atoms with van der Waals surface area (Å²) in [4.78, 5) is 4.23. The van der Waals surface area contributed by atoms with Crippen LogP contribution in [-0.4, -0.2) is 10.1 Å². The lowest BCUT2D eigenvalue weighted by molar-refractivity contribution is 0.220. The third-order valence-corrected chi connectivity index (χ3v) is 3.89. The Bertz CT molecular complexity index is 753. The van der Waals surface area contributed by atoms with Gasteiger partial charge in [-0.25, -0.2) is 0 Å². The molecule has 0 aliphatic rings. The molecule has 0 fully saturated rings. The van der Waals surface area contributed by atoms with E-state index in [1.807, 2.05) is 49.4 Å². The molecule has 0 aliphatic heterocycles. The number of rotatable bonds is 2. The summed E-state index contributed by atoms with van der Waals surface area (Å²) in [7, 11) is 0. The molecule has 0 radical (unpaired) electrons. The third kappa shape index (κ3) is 2.60. The van der Waals surface area contributed by atoms with E-state index >= 15 is 0 Å². The van der Waals surface area contributed by atoms with E-state index in [4.69, 9.17) is 0 Å². The Morgan fingerprint density at radius 3 is 2.40 bits per heavy atom. The van der Waals surface area contributed by atoms with Crippen LogP contribution in [0.1, 0.15) is 22.9 Å². The van der Waals surface area contributed by atoms with Gasteiger partial charge in [-0.1, -0.05) is 40.2 Å². The minimum Gasteiger partial charge on any atom is -0.384 e. The summed E-state index contributed by atoms with van der Waals surface area (Å²) < 4.78 is 1.06. The van der Waals surface area contributed by atoms with Crippen LogP contribution in [0.3, 0.4) is 0 Å². The van der Waals surface area contributed by atoms with Crippen molar-refractivity contribution in [2.24, 2.45) is 0 Å². The summed E-state index contributed by atoms with van der Waals surface area (Å²) in [6.45, 7) is 1.93. The maximum atomic E-state index is 10.4. The van der Waals surface area contributed by atoms with Crippen LogP contribution in [0.4, 0.5) is 0 Å². The Morgan fingerprint density at radius 2 is 1.65 bits per heavy atom. The lowest BCUT2D eigenvalue weighted by atomic mass is 9.99. The minimum atomic E-state index is -0.642. The molecule has 1 aromatic heterocycles. The van der Waals surface area contributed by atoms with Crippen molar-refractivity contribution >= 4 is 26.7 Å². The van der Waals surface area contributed by atoms with E-state index in [9.17, 15) is 5.11 Å². The second kappa shape index (κ2) is 5.35. The van der Waals surface area contributed by atoms with Crippen LogP contribution in [0, 0.1) is 6.92 Å². The van der Waals surface area contributed by atoms with Crippen molar-refractivity contribution in [3.63, 3.8) is 0 Å². The number of hydrogen-bond acceptors (Lipinski definition) is 2. The quantitative estimate of drug-likeness (QED) is 0.757. The lowest BCUT2D eigenvalue weighted by Crippen LogP contribution is -2.00. The van der Waals surface area contributed by atoms with Crippen LogP contribution < -0.4 is 0 Å². The number of hydrogen-bond donors (Lipinski definition) is 1. The molecule has 0 aliphatic carbocycles. The van der Waals surface area contributed by atoms with Crippen LogP contribution in [0.25, 0.3) is 10.8 Å². The molecule has 1 atom stereocenters. The summed E-state index contributed by atoms with van der Waals surface area (Å²) >= 11 is 3.47. The monoisotopic (exact) mass is 327 g/mol. The zero-order valence-corrected chi connectivity index (χ0v) is 12.6. The van der Waals surface area contributed by atoms with Gasteiger partial charge in [0.25, 0.3) is 0 Å². The van der Waals surface area contributed by atoms with E-state index in [2.05, 4.69) is 27.0 Å². The molecule has 0 saturated heterocycles. The standard InChI is InChI=1S/C17H14BrNO/c1-11-2-3-15(10-19-11)17(20)14-5-4-13-9-16(18)7-6-12(13)8-14/h2-10,17,20H,1H3. The summed E-state index contributed by atoms with van der Waals surface area (Å²) in [6, 6.07) is 16.0. The van der Waals surface area contributed by atoms with Gasteiger partial charge in [0.1, 0.15) is 6.10 Å². The van der Waals surface area contributed by atoms with Gasteiger partial charge in [0.15, 0.2) is 0 Å². The molecule has 1 N–H and O–H groups in total. The molecule has 0 spiro atoms. The van der Waals surface area contributed by atoms with Crippen molar-refractivity contribution in [3.05, 3.63) is 76.0 Å². The molecule has 2 nitrogen and oxygen atoms in total. The summed E-state index contributed by atoms with van der Waals surface area (Å²) in [5, 5.41) is 12.7. The van der Waals surface area contributed by atoms with Crippen molar-refractivity contribution in [2.45, 2.75) is 13.0 Å². The summed E-state index contributed by atoms with van der Waals surface area (Å²) in [5.41, 5.74) is 2.64. The lowest BCUT2D eigenvalue weighted by Gasteiger charge is -2.12. The van der Waals surface area contributed by atoms with Crippen LogP contribution >= 0.6 is 15.9 Å². The first kappa shape index (κ1) is 13.3. The van der Waals surface area contributed by atoms with Crippen LogP contribution in [0.5, 0.6) is 0 Å². The highest BCUT2D eigenvalue weighted by Crippen LogP contribution is 2.26. The third-order valence-electron chi connectivity index (χ3n) is 3.39. The Kier molecular flexibility index (Phi) is 3.55. The van der Waals surface area contributed by atoms with Gasteiger partial charge in [-0.2, -0.15) is 0 Å². The number of aliphatic hydroxyl groups excluding tert-OH is 1. The largest absolute Gasteiger partial charge is 0.384 e. The number of aromatic nitrogens is 1. The number of aryl methyl sites for hydroxylation is 1. The molecule has 1 heterocycles. The van der Waals surface area contributed by atoms with Crippen LogP contribution in [0.2, 0.25) is 0 Å². The van der Waals surface area contributed by atoms with Crippen molar-refractivity contribution in [1.29, 1.82) is 0 Å². The van der Waals surface area contributed by atoms with Crippen molar-refractivity contribution < 1.29 is 5.11 Å². The number of benzene rings is 2. The first-order chi connectivity index (χ1) is 9.63. The predicted molar refractivity (Wildman–Crippen MR) is 84.7 cm³/mol. The predicted octanol–water partition coefficient (Wildman–Crippen LogP) is 4.39. The Balaban J connectivity index is 2.01. The minimum absolute atomic E-state index is 0.642. The normalized spacial score (nSPS) is 12.6. The van der Waals surface area contributed by atoms with E-state index in [1.165, 1.54) is 0 Å². The Morgan fingerprint density at radius 1 is 0.950 bits per heavy atom. The highest BCUT2D eigenvalue weighted by atomic mass is 79.9. The van der Waals surface area contributed by atoms with Crippen LogP contribution in [0.15, 0.2) is 59.2 Å². The van der Waals surface area contributed by atoms with Gasteiger partial charge in [-0.3, -0.25) is 4.98 Å². The van der Waals surface area contributed by atoms with Crippen molar-refractivity contribution in [1.82, 2.24) is 4.98 Å². The number of halogens is 1. The van der Waals surface area contributed by atoms with Gasteiger partial charge in [0, 0.05) is 21.9 Å². The van der Waals surface area contributed by atoms with Gasteiger partial charge < -0.3 is 5.11 Å². The molecule has 0 saturated carbocycles. The molecule has 20 heavy (non-hydrogen) atoms. The Hall–Kier alpha value is -1.71. The van der Waals surface area contributed by atoms with Crippen molar-refractivity contribution in [3.8, 4) is 0 Å². The fourth-order valence-corrected chi connectivity index (χ4v) is 2.62. The first-order valence-electron chi connectivity index (χ1n) is 6.43. The highest BCUT2D eigenvalue weighted by molar-refractivity contribution is 9.10. The SMILES string of the molecule is Cc1ccc(C(O)c2ccc3cc(Br)ccc3c2)cn1. The zero-order valence-electron chi connectivity index (χ0n) is 11.0. The second-order valence-corrected chi connectivity index (χ2v) is 5.80. The van der Waals surface area contributed by atoms with Gasteiger partial charge in [-0.05, 0) is 47.5 Å². The molecule has 3 aromatic rings. The molecule has 3 heteroatoms. The molecular weight excluding hydrogens is 314 g/mol. The number of pyridine rings is 1. The molecule has 0 amide bonds. The maximum absolute atomic E-state index is 10.4. The summed E-state index contributed by atoms with van der Waals surface area (Å²) in [5.74, 6) is 0. The highest BCUT2D eigenvalue weighted by Gasteiger charge is 2.11. The van der Waals surface area contributed by atoms with Crippen LogP contribution in [-0.2, 0) is 0 Å². The number of aliphatic hydroxyl groups is 1. The van der Waals surface area contributed by atoms with E-state index in [1.54, 1.807) is 6.20 Å². The molecule has 1 unspecified atom stereocenters. The van der Waals surface area contributed by atoms with E-state index < -0.39 is 6.10 Å². The van der Waals surface area contributed by atoms with Gasteiger partial charge in [0.2, 0.25) is 0 Å². The Labute approximate surface area is 126 Å². The molecule has 2 aromatic carbocycles. The maximum Gasteiger partial charge on any atom is 0.106 e. The first-order valence-corrected chi connectivity index (χ1v) is 7.22.